The fraction of sp³-hybridized carbons (Fsp3) is 0.500. The second kappa shape index (κ2) is 21.4. The van der Waals surface area contributed by atoms with Gasteiger partial charge in [0.1, 0.15) is 0 Å². The van der Waals surface area contributed by atoms with Gasteiger partial charge in [0, 0.05) is 0 Å². The second-order valence-electron chi connectivity index (χ2n) is 0.102. The van der Waals surface area contributed by atoms with Crippen LogP contribution in [0.15, 0.2) is 0 Å². The summed E-state index contributed by atoms with van der Waals surface area (Å²) in [5.41, 5.74) is 0. The van der Waals surface area contributed by atoms with E-state index in [1.54, 1.807) is 5.16 Å². The van der Waals surface area contributed by atoms with E-state index in [2.05, 4.69) is 12.2 Å². The van der Waals surface area contributed by atoms with Gasteiger partial charge in [0.05, 0.1) is 5.16 Å². The minimum atomic E-state index is 0. The summed E-state index contributed by atoms with van der Waals surface area (Å²) in [5.74, 6) is 0. The van der Waals surface area contributed by atoms with Crippen LogP contribution in [0.3, 0.4) is 0 Å². The maximum Gasteiger partial charge on any atom is 1.00 e. The molecule has 0 fully saturated rings. The third-order valence-corrected chi connectivity index (χ3v) is 0. The van der Waals surface area contributed by atoms with Crippen LogP contribution >= 0.6 is 12.2 Å². The van der Waals surface area contributed by atoms with Crippen LogP contribution in [-0.2, 0) is 0 Å². The Labute approximate surface area is 61.1 Å². The molecule has 0 unspecified atom stereocenters. The molecule has 0 saturated heterocycles. The van der Waals surface area contributed by atoms with E-state index in [9.17, 15) is 0 Å². The summed E-state index contributed by atoms with van der Waals surface area (Å²) in [4.78, 5) is 0. The molecular formula is C2H6NNaS. The van der Waals surface area contributed by atoms with Gasteiger partial charge in [-0.25, -0.2) is 5.41 Å². The van der Waals surface area contributed by atoms with E-state index in [0.717, 1.165) is 0 Å². The minimum Gasteiger partial charge on any atom is -1.00 e. The average Bonchev–Trinajstić information content (AvgIpc) is 0.918. The molecule has 0 heterocycles. The van der Waals surface area contributed by atoms with Crippen LogP contribution in [0.2, 0.25) is 0 Å². The van der Waals surface area contributed by atoms with Crippen molar-refractivity contribution in [3.8, 4) is 0 Å². The maximum atomic E-state index is 5.77. The third kappa shape index (κ3) is 58.8. The Kier molecular flexibility index (Phi) is 72.9. The first-order valence-electron chi connectivity index (χ1n) is 0.454. The zero-order valence-corrected chi connectivity index (χ0v) is 5.22. The van der Waals surface area contributed by atoms with Crippen molar-refractivity contribution in [2.45, 2.75) is 7.43 Å². The molecule has 0 spiro atoms. The Hall–Kier alpha value is 0.800. The topological polar surface area (TPSA) is 23.9 Å². The van der Waals surface area contributed by atoms with Gasteiger partial charge in [-0.15, -0.1) is 0 Å². The quantitative estimate of drug-likeness (QED) is 0.221. The van der Waals surface area contributed by atoms with Crippen molar-refractivity contribution in [2.75, 3.05) is 0 Å². The SMILES string of the molecule is C.N=C=S.[H-].[Na+]. The van der Waals surface area contributed by atoms with E-state index in [4.69, 9.17) is 5.41 Å². The normalized spacial score (nSPS) is 1.60. The first-order valence-corrected chi connectivity index (χ1v) is 0.862. The van der Waals surface area contributed by atoms with E-state index < -0.39 is 0 Å². The molecule has 5 heavy (non-hydrogen) atoms. The van der Waals surface area contributed by atoms with Gasteiger partial charge in [0.25, 0.3) is 0 Å². The first kappa shape index (κ1) is 17.0. The number of hydrogen-bond donors (Lipinski definition) is 1. The maximum absolute atomic E-state index is 5.77. The van der Waals surface area contributed by atoms with Gasteiger partial charge in [0.15, 0.2) is 0 Å². The van der Waals surface area contributed by atoms with E-state index in [-0.39, 0.29) is 38.4 Å². The van der Waals surface area contributed by atoms with Gasteiger partial charge >= 0.3 is 29.6 Å². The predicted octanol–water partition coefficient (Wildman–Crippen LogP) is -1.58. The molecule has 0 rings (SSSR count). The fourth-order valence-electron chi connectivity index (χ4n) is 0. The summed E-state index contributed by atoms with van der Waals surface area (Å²) in [7, 11) is 0. The summed E-state index contributed by atoms with van der Waals surface area (Å²) in [6.07, 6.45) is 0. The minimum absolute atomic E-state index is 0. The number of thiocarbonyl (C=S) groups is 1. The van der Waals surface area contributed by atoms with Crippen molar-refractivity contribution in [1.82, 2.24) is 0 Å². The van der Waals surface area contributed by atoms with Gasteiger partial charge in [-0.2, -0.15) is 0 Å². The smallest absolute Gasteiger partial charge is 1.00 e. The van der Waals surface area contributed by atoms with Crippen molar-refractivity contribution < 1.29 is 31.0 Å². The molecule has 1 N–H and O–H groups in total. The Morgan fingerprint density at radius 2 is 1.80 bits per heavy atom. The summed E-state index contributed by atoms with van der Waals surface area (Å²) in [5, 5.41) is 7.36. The van der Waals surface area contributed by atoms with Crippen LogP contribution in [-0.4, -0.2) is 5.16 Å². The van der Waals surface area contributed by atoms with Crippen molar-refractivity contribution in [1.29, 1.82) is 5.41 Å². The summed E-state index contributed by atoms with van der Waals surface area (Å²) in [6, 6.07) is 0. The fourth-order valence-corrected chi connectivity index (χ4v) is 0. The molecule has 1 nitrogen and oxygen atoms in total. The predicted molar refractivity (Wildman–Crippen MR) is 23.2 cm³/mol. The number of nitrogens with one attached hydrogen (secondary N) is 1. The molecule has 0 aliphatic carbocycles. The summed E-state index contributed by atoms with van der Waals surface area (Å²) < 4.78 is 0. The Morgan fingerprint density at radius 1 is 1.80 bits per heavy atom. The van der Waals surface area contributed by atoms with Gasteiger partial charge in [-0.3, -0.25) is 0 Å². The van der Waals surface area contributed by atoms with E-state index >= 15 is 0 Å². The molecule has 0 amide bonds. The number of hydrogen-bond acceptors (Lipinski definition) is 2. The third-order valence-electron chi connectivity index (χ3n) is 0. The van der Waals surface area contributed by atoms with Crippen LogP contribution in [0.4, 0.5) is 0 Å². The largest absolute Gasteiger partial charge is 1.00 e. The zero-order valence-electron chi connectivity index (χ0n) is 3.41. The average molecular weight is 99.1 g/mol. The molecule has 0 aromatic heterocycles. The zero-order chi connectivity index (χ0) is 2.71. The van der Waals surface area contributed by atoms with E-state index in [1.807, 2.05) is 0 Å². The first-order chi connectivity index (χ1) is 1.41. The van der Waals surface area contributed by atoms with Crippen molar-refractivity contribution >= 4 is 17.4 Å². The molecule has 0 radical (unpaired) electrons. The van der Waals surface area contributed by atoms with E-state index in [0.29, 0.717) is 0 Å². The van der Waals surface area contributed by atoms with E-state index in [1.165, 1.54) is 0 Å². The van der Waals surface area contributed by atoms with Crippen molar-refractivity contribution in [2.24, 2.45) is 0 Å². The number of isothiocyanates is 1. The molecule has 0 aliphatic heterocycles. The van der Waals surface area contributed by atoms with Crippen LogP contribution in [0.5, 0.6) is 0 Å². The summed E-state index contributed by atoms with van der Waals surface area (Å²) in [6.45, 7) is 0. The van der Waals surface area contributed by atoms with Crippen LogP contribution in [0.25, 0.3) is 0 Å². The van der Waals surface area contributed by atoms with Gasteiger partial charge < -0.3 is 1.43 Å². The molecule has 0 aliphatic rings. The van der Waals surface area contributed by atoms with Gasteiger partial charge in [-0.05, 0) is 12.2 Å². The van der Waals surface area contributed by atoms with Crippen LogP contribution < -0.4 is 29.6 Å². The van der Waals surface area contributed by atoms with Gasteiger partial charge in [0.2, 0.25) is 0 Å². The molecule has 0 bridgehead atoms. The monoisotopic (exact) mass is 99.0 g/mol. The summed E-state index contributed by atoms with van der Waals surface area (Å²) >= 11 is 3.81. The Bertz CT molecular complexity index is 34.5. The molecule has 3 heteroatoms. The Balaban J connectivity index is -0.00000000667. The molecular weight excluding hydrogens is 93.1 g/mol. The molecule has 0 atom stereocenters. The van der Waals surface area contributed by atoms with Crippen molar-refractivity contribution in [3.63, 3.8) is 0 Å². The van der Waals surface area contributed by atoms with Crippen LogP contribution in [0.1, 0.15) is 8.85 Å². The number of rotatable bonds is 0. The molecule has 0 aromatic rings. The van der Waals surface area contributed by atoms with Gasteiger partial charge in [-0.1, -0.05) is 7.43 Å². The molecule has 26 valence electrons. The molecule has 0 aromatic carbocycles. The second-order valence-corrected chi connectivity index (χ2v) is 0.306. The molecule has 0 saturated carbocycles. The van der Waals surface area contributed by atoms with Crippen LogP contribution in [0, 0.1) is 5.41 Å². The van der Waals surface area contributed by atoms with Crippen molar-refractivity contribution in [3.05, 3.63) is 0 Å². The standard InChI is InChI=1S/CHNS.CH4.Na.H/c2-1-3;;;/h2H;1H4;;/q;;+1;-1. The Morgan fingerprint density at radius 3 is 1.80 bits per heavy atom.